The monoisotopic (exact) mass is 325 g/mol. The smallest absolute Gasteiger partial charge is 0.257 e. The van der Waals surface area contributed by atoms with Gasteiger partial charge in [0, 0.05) is 18.7 Å². The first kappa shape index (κ1) is 15.2. The summed E-state index contributed by atoms with van der Waals surface area (Å²) in [4.78, 5) is 25.8. The number of thiophene rings is 1. The predicted molar refractivity (Wildman–Crippen MR) is 90.1 cm³/mol. The second-order valence-electron chi connectivity index (χ2n) is 5.10. The van der Waals surface area contributed by atoms with E-state index in [1.165, 1.54) is 11.3 Å². The molecule has 0 saturated heterocycles. The Morgan fingerprint density at radius 3 is 2.48 bits per heavy atom. The first-order valence-electron chi connectivity index (χ1n) is 7.05. The third-order valence-electron chi connectivity index (χ3n) is 3.40. The van der Waals surface area contributed by atoms with E-state index >= 15 is 0 Å². The Bertz CT molecular complexity index is 866. The fraction of sp³-hybridized carbons (Fsp3) is 0.118. The number of benzene rings is 1. The fourth-order valence-electron chi connectivity index (χ4n) is 2.33. The van der Waals surface area contributed by atoms with E-state index in [1.807, 2.05) is 18.4 Å². The van der Waals surface area contributed by atoms with Gasteiger partial charge in [-0.25, -0.2) is 0 Å². The van der Waals surface area contributed by atoms with Crippen LogP contribution >= 0.6 is 11.3 Å². The molecule has 1 aromatic carbocycles. The van der Waals surface area contributed by atoms with Crippen LogP contribution in [0.15, 0.2) is 47.8 Å². The molecule has 1 N–H and O–H groups in total. The Morgan fingerprint density at radius 1 is 1.13 bits per heavy atom. The van der Waals surface area contributed by atoms with Gasteiger partial charge in [-0.1, -0.05) is 24.3 Å². The zero-order chi connectivity index (χ0) is 16.4. The van der Waals surface area contributed by atoms with Gasteiger partial charge in [-0.05, 0) is 24.4 Å². The van der Waals surface area contributed by atoms with Gasteiger partial charge in [0.05, 0.1) is 16.1 Å². The Morgan fingerprint density at radius 2 is 1.87 bits per heavy atom. The normalized spacial score (nSPS) is 10.5. The van der Waals surface area contributed by atoms with Crippen LogP contribution in [-0.2, 0) is 7.05 Å². The lowest BCUT2D eigenvalue weighted by molar-refractivity contribution is 0.0997. The van der Waals surface area contributed by atoms with Crippen molar-refractivity contribution in [2.75, 3.05) is 5.32 Å². The topological polar surface area (TPSA) is 64.0 Å². The molecular weight excluding hydrogens is 310 g/mol. The van der Waals surface area contributed by atoms with E-state index in [-0.39, 0.29) is 11.7 Å². The average Bonchev–Trinajstić information content (AvgIpc) is 3.17. The highest BCUT2D eigenvalue weighted by Crippen LogP contribution is 2.19. The molecule has 0 saturated carbocycles. The highest BCUT2D eigenvalue weighted by atomic mass is 32.1. The lowest BCUT2D eigenvalue weighted by Crippen LogP contribution is -2.18. The van der Waals surface area contributed by atoms with E-state index < -0.39 is 0 Å². The van der Waals surface area contributed by atoms with Gasteiger partial charge >= 0.3 is 0 Å². The maximum atomic E-state index is 12.6. The van der Waals surface area contributed by atoms with Crippen LogP contribution in [0.25, 0.3) is 0 Å². The number of nitrogens with one attached hydrogen (secondary N) is 1. The van der Waals surface area contributed by atoms with Gasteiger partial charge in [0.1, 0.15) is 5.82 Å². The van der Waals surface area contributed by atoms with E-state index in [4.69, 9.17) is 0 Å². The molecule has 0 aliphatic rings. The van der Waals surface area contributed by atoms with Gasteiger partial charge in [-0.3, -0.25) is 14.3 Å². The molecule has 116 valence electrons. The molecule has 23 heavy (non-hydrogen) atoms. The van der Waals surface area contributed by atoms with Gasteiger partial charge in [-0.15, -0.1) is 11.3 Å². The molecule has 0 atom stereocenters. The van der Waals surface area contributed by atoms with E-state index in [0.717, 1.165) is 5.69 Å². The SMILES string of the molecule is Cc1cc(NC(=O)c2ccccc2C(=O)c2cccs2)n(C)n1. The van der Waals surface area contributed by atoms with Crippen LogP contribution in [0.5, 0.6) is 0 Å². The van der Waals surface area contributed by atoms with Crippen molar-refractivity contribution >= 4 is 28.8 Å². The van der Waals surface area contributed by atoms with Crippen LogP contribution in [0, 0.1) is 6.92 Å². The Labute approximate surface area is 137 Å². The van der Waals surface area contributed by atoms with Crippen LogP contribution in [0.2, 0.25) is 0 Å². The number of anilines is 1. The Balaban J connectivity index is 1.92. The lowest BCUT2D eigenvalue weighted by Gasteiger charge is -2.09. The highest BCUT2D eigenvalue weighted by molar-refractivity contribution is 7.12. The molecule has 2 aromatic heterocycles. The summed E-state index contributed by atoms with van der Waals surface area (Å²) < 4.78 is 1.59. The third kappa shape index (κ3) is 3.07. The van der Waals surface area contributed by atoms with E-state index in [0.29, 0.717) is 21.8 Å². The van der Waals surface area contributed by atoms with Crippen LogP contribution in [0.3, 0.4) is 0 Å². The van der Waals surface area contributed by atoms with Crippen molar-refractivity contribution in [1.82, 2.24) is 9.78 Å². The number of nitrogens with zero attached hydrogens (tertiary/aromatic N) is 2. The second-order valence-corrected chi connectivity index (χ2v) is 6.05. The van der Waals surface area contributed by atoms with Crippen molar-refractivity contribution in [3.05, 3.63) is 69.5 Å². The van der Waals surface area contributed by atoms with Gasteiger partial charge in [0.2, 0.25) is 5.78 Å². The highest BCUT2D eigenvalue weighted by Gasteiger charge is 2.19. The van der Waals surface area contributed by atoms with Gasteiger partial charge in [-0.2, -0.15) is 5.10 Å². The third-order valence-corrected chi connectivity index (χ3v) is 4.27. The summed E-state index contributed by atoms with van der Waals surface area (Å²) >= 11 is 1.36. The summed E-state index contributed by atoms with van der Waals surface area (Å²) in [6, 6.07) is 12.2. The Kier molecular flexibility index (Phi) is 4.08. The molecule has 0 bridgehead atoms. The zero-order valence-corrected chi connectivity index (χ0v) is 13.6. The molecule has 3 rings (SSSR count). The average molecular weight is 325 g/mol. The lowest BCUT2D eigenvalue weighted by atomic mass is 10.0. The maximum absolute atomic E-state index is 12.6. The van der Waals surface area contributed by atoms with E-state index in [2.05, 4.69) is 10.4 Å². The minimum Gasteiger partial charge on any atom is -0.307 e. The fourth-order valence-corrected chi connectivity index (χ4v) is 3.01. The molecule has 0 unspecified atom stereocenters. The first-order valence-corrected chi connectivity index (χ1v) is 7.93. The number of aryl methyl sites for hydroxylation is 2. The summed E-state index contributed by atoms with van der Waals surface area (Å²) in [5.41, 5.74) is 1.56. The number of amides is 1. The number of hydrogen-bond donors (Lipinski definition) is 1. The van der Waals surface area contributed by atoms with Gasteiger partial charge in [0.15, 0.2) is 0 Å². The first-order chi connectivity index (χ1) is 11.1. The van der Waals surface area contributed by atoms with Crippen molar-refractivity contribution < 1.29 is 9.59 Å². The van der Waals surface area contributed by atoms with Gasteiger partial charge in [0.25, 0.3) is 5.91 Å². The number of hydrogen-bond acceptors (Lipinski definition) is 4. The van der Waals surface area contributed by atoms with Crippen molar-refractivity contribution in [1.29, 1.82) is 0 Å². The van der Waals surface area contributed by atoms with Crippen molar-refractivity contribution in [2.24, 2.45) is 7.05 Å². The van der Waals surface area contributed by atoms with Crippen molar-refractivity contribution in [3.8, 4) is 0 Å². The molecule has 0 aliphatic heterocycles. The molecule has 0 radical (unpaired) electrons. The largest absolute Gasteiger partial charge is 0.307 e. The van der Waals surface area contributed by atoms with Crippen LogP contribution < -0.4 is 5.32 Å². The molecule has 1 amide bonds. The van der Waals surface area contributed by atoms with E-state index in [1.54, 1.807) is 48.1 Å². The molecule has 2 heterocycles. The number of aromatic nitrogens is 2. The number of carbonyl (C=O) groups is 2. The zero-order valence-electron chi connectivity index (χ0n) is 12.7. The second kappa shape index (κ2) is 6.18. The molecule has 0 aliphatic carbocycles. The Hall–Kier alpha value is -2.73. The van der Waals surface area contributed by atoms with Crippen LogP contribution in [0.4, 0.5) is 5.82 Å². The molecule has 0 fully saturated rings. The summed E-state index contributed by atoms with van der Waals surface area (Å²) in [6.07, 6.45) is 0. The summed E-state index contributed by atoms with van der Waals surface area (Å²) in [5.74, 6) is 0.117. The molecule has 0 spiro atoms. The van der Waals surface area contributed by atoms with E-state index in [9.17, 15) is 9.59 Å². The molecule has 3 aromatic rings. The minimum atomic E-state index is -0.325. The standard InChI is InChI=1S/C17H15N3O2S/c1-11-10-15(20(2)19-11)18-17(22)13-7-4-3-6-12(13)16(21)14-8-5-9-23-14/h3-10H,1-2H3,(H,18,22). The van der Waals surface area contributed by atoms with Crippen LogP contribution in [0.1, 0.15) is 31.3 Å². The van der Waals surface area contributed by atoms with Gasteiger partial charge < -0.3 is 5.32 Å². The number of ketones is 1. The number of rotatable bonds is 4. The molecule has 6 heteroatoms. The van der Waals surface area contributed by atoms with Crippen LogP contribution in [-0.4, -0.2) is 21.5 Å². The molecule has 5 nitrogen and oxygen atoms in total. The van der Waals surface area contributed by atoms with Crippen molar-refractivity contribution in [3.63, 3.8) is 0 Å². The summed E-state index contributed by atoms with van der Waals surface area (Å²) in [5, 5.41) is 8.83. The molecular formula is C17H15N3O2S. The summed E-state index contributed by atoms with van der Waals surface area (Å²) in [6.45, 7) is 1.85. The quantitative estimate of drug-likeness (QED) is 0.749. The summed E-state index contributed by atoms with van der Waals surface area (Å²) in [7, 11) is 1.76. The minimum absolute atomic E-state index is 0.146. The predicted octanol–water partition coefficient (Wildman–Crippen LogP) is 3.27. The maximum Gasteiger partial charge on any atom is 0.257 e. The number of carbonyl (C=O) groups excluding carboxylic acids is 2. The van der Waals surface area contributed by atoms with Crippen molar-refractivity contribution in [2.45, 2.75) is 6.92 Å².